The minimum Gasteiger partial charge on any atom is -0.494 e. The Morgan fingerprint density at radius 3 is 2.20 bits per heavy atom. The van der Waals surface area contributed by atoms with Crippen LogP contribution in [0.2, 0.25) is 0 Å². The highest BCUT2D eigenvalue weighted by atomic mass is 16.3. The quantitative estimate of drug-likeness (QED) is 0.326. The summed E-state index contributed by atoms with van der Waals surface area (Å²) >= 11 is 0. The Labute approximate surface area is 270 Å². The number of likely N-dealkylation sites (N-methyl/N-ethyl adjacent to an activating group) is 1. The molecule has 46 heavy (non-hydrogen) atoms. The third-order valence-electron chi connectivity index (χ3n) is 9.98. The van der Waals surface area contributed by atoms with Gasteiger partial charge >= 0.3 is 5.69 Å². The van der Waals surface area contributed by atoms with Crippen molar-refractivity contribution in [1.82, 2.24) is 9.13 Å². The van der Waals surface area contributed by atoms with E-state index in [9.17, 15) is 14.7 Å². The highest BCUT2D eigenvalue weighted by Crippen LogP contribution is 2.48. The van der Waals surface area contributed by atoms with E-state index in [2.05, 4.69) is 112 Å². The number of aromatic hydroxyl groups is 1. The lowest BCUT2D eigenvalue weighted by Gasteiger charge is -2.26. The molecule has 1 aromatic heterocycles. The summed E-state index contributed by atoms with van der Waals surface area (Å²) in [5, 5.41) is 11.3. The van der Waals surface area contributed by atoms with Crippen LogP contribution in [-0.2, 0) is 24.9 Å². The van der Waals surface area contributed by atoms with E-state index in [4.69, 9.17) is 0 Å². The molecule has 0 amide bonds. The van der Waals surface area contributed by atoms with Gasteiger partial charge in [0.25, 0.3) is 5.56 Å². The van der Waals surface area contributed by atoms with Crippen molar-refractivity contribution in [3.63, 3.8) is 0 Å². The molecule has 0 fully saturated rings. The number of aromatic nitrogens is 2. The van der Waals surface area contributed by atoms with Crippen LogP contribution < -0.4 is 16.1 Å². The summed E-state index contributed by atoms with van der Waals surface area (Å²) in [6.45, 7) is 14.8. The molecule has 7 heteroatoms. The first-order chi connectivity index (χ1) is 21.9. The van der Waals surface area contributed by atoms with Gasteiger partial charge in [0.2, 0.25) is 11.6 Å². The maximum atomic E-state index is 13.7. The molecule has 7 nitrogen and oxygen atoms in total. The topological polar surface area (TPSA) is 70.5 Å². The van der Waals surface area contributed by atoms with Gasteiger partial charge in [-0.1, -0.05) is 68.5 Å². The largest absolute Gasteiger partial charge is 0.494 e. The second-order valence-electron chi connectivity index (χ2n) is 13.2. The van der Waals surface area contributed by atoms with Crippen molar-refractivity contribution in [3.8, 4) is 5.88 Å². The van der Waals surface area contributed by atoms with Gasteiger partial charge < -0.3 is 10.0 Å². The Balaban J connectivity index is 1.55. The van der Waals surface area contributed by atoms with Crippen molar-refractivity contribution in [1.29, 1.82) is 0 Å². The molecule has 3 aliphatic rings. The highest BCUT2D eigenvalue weighted by Gasteiger charge is 2.43. The van der Waals surface area contributed by atoms with Crippen molar-refractivity contribution in [2.24, 2.45) is 14.1 Å². The van der Waals surface area contributed by atoms with Gasteiger partial charge in [0.1, 0.15) is 12.1 Å². The van der Waals surface area contributed by atoms with Gasteiger partial charge in [0, 0.05) is 60.7 Å². The Kier molecular flexibility index (Phi) is 7.54. The fourth-order valence-corrected chi connectivity index (χ4v) is 7.43. The number of anilines is 1. The number of hydrogen-bond acceptors (Lipinski definition) is 4. The van der Waals surface area contributed by atoms with Crippen LogP contribution in [0.15, 0.2) is 111 Å². The van der Waals surface area contributed by atoms with Gasteiger partial charge in [-0.15, -0.1) is 0 Å². The second kappa shape index (κ2) is 11.2. The fraction of sp³-hybridized carbons (Fsp3) is 0.308. The average Bonchev–Trinajstić information content (AvgIpc) is 3.61. The Morgan fingerprint density at radius 2 is 1.50 bits per heavy atom. The normalized spacial score (nSPS) is 19.8. The Morgan fingerprint density at radius 1 is 0.826 bits per heavy atom. The number of para-hydroxylation sites is 2. The third kappa shape index (κ3) is 4.51. The molecule has 0 atom stereocenters. The summed E-state index contributed by atoms with van der Waals surface area (Å²) in [6, 6.07) is 17.0. The lowest BCUT2D eigenvalue weighted by atomic mass is 9.81. The molecule has 0 bridgehead atoms. The van der Waals surface area contributed by atoms with Crippen LogP contribution in [0.1, 0.15) is 58.2 Å². The van der Waals surface area contributed by atoms with Crippen LogP contribution in [0, 0.1) is 0 Å². The molecule has 0 saturated carbocycles. The van der Waals surface area contributed by atoms with Crippen LogP contribution in [0.25, 0.3) is 5.57 Å². The fourth-order valence-electron chi connectivity index (χ4n) is 7.43. The SMILES string of the molecule is CCN1C(=CC=C2C=CC(C=CC3=[N+](CC)c4ccccc4C3(C)C)=C2c2c(O)n(C)c(=O)n(C)c2=O)C(C)(C)c2ccccc21. The van der Waals surface area contributed by atoms with Crippen molar-refractivity contribution < 1.29 is 9.68 Å². The predicted molar refractivity (Wildman–Crippen MR) is 187 cm³/mol. The smallest absolute Gasteiger partial charge is 0.333 e. The van der Waals surface area contributed by atoms with Crippen LogP contribution >= 0.6 is 0 Å². The second-order valence-corrected chi connectivity index (χ2v) is 13.2. The maximum absolute atomic E-state index is 13.7. The summed E-state index contributed by atoms with van der Waals surface area (Å²) in [6.07, 6.45) is 12.3. The first-order valence-electron chi connectivity index (χ1n) is 16.0. The highest BCUT2D eigenvalue weighted by molar-refractivity contribution is 6.04. The molecule has 3 heterocycles. The molecule has 2 aromatic carbocycles. The third-order valence-corrected chi connectivity index (χ3v) is 9.98. The van der Waals surface area contributed by atoms with E-state index in [0.29, 0.717) is 5.57 Å². The van der Waals surface area contributed by atoms with Crippen molar-refractivity contribution in [2.45, 2.75) is 52.4 Å². The van der Waals surface area contributed by atoms with E-state index in [1.54, 1.807) is 0 Å². The van der Waals surface area contributed by atoms with Gasteiger partial charge in [0.15, 0.2) is 5.71 Å². The van der Waals surface area contributed by atoms with Crippen molar-refractivity contribution in [3.05, 3.63) is 139 Å². The van der Waals surface area contributed by atoms with Gasteiger partial charge in [-0.25, -0.2) is 4.79 Å². The average molecular weight is 616 g/mol. The van der Waals surface area contributed by atoms with Gasteiger partial charge in [0.05, 0.1) is 5.41 Å². The molecule has 1 aliphatic carbocycles. The standard InChI is InChI=1S/C39H42N4O3/c1-9-42-29-17-13-11-15-27(29)38(3,4)31(42)23-21-25-19-20-26(33(25)34-35(44)40(7)37(46)41(8)36(34)45)22-24-32-39(5,6)28-16-12-14-18-30(28)43(32)10-2/h11-24H,9-10H2,1-8H3/p+1. The van der Waals surface area contributed by atoms with E-state index in [1.165, 1.54) is 36.6 Å². The predicted octanol–water partition coefficient (Wildman–Crippen LogP) is 6.39. The molecule has 3 aromatic rings. The van der Waals surface area contributed by atoms with Crippen molar-refractivity contribution >= 4 is 22.7 Å². The molecule has 6 rings (SSSR count). The van der Waals surface area contributed by atoms with Gasteiger partial charge in [-0.2, -0.15) is 4.58 Å². The zero-order valence-electron chi connectivity index (χ0n) is 28.0. The van der Waals surface area contributed by atoms with E-state index < -0.39 is 11.2 Å². The summed E-state index contributed by atoms with van der Waals surface area (Å²) in [7, 11) is 2.93. The van der Waals surface area contributed by atoms with E-state index >= 15 is 0 Å². The Bertz CT molecular complexity index is 2090. The zero-order valence-corrected chi connectivity index (χ0v) is 28.0. The van der Waals surface area contributed by atoms with E-state index in [0.717, 1.165) is 44.8 Å². The van der Waals surface area contributed by atoms with Crippen LogP contribution in [0.5, 0.6) is 5.88 Å². The van der Waals surface area contributed by atoms with Crippen LogP contribution in [0.3, 0.4) is 0 Å². The summed E-state index contributed by atoms with van der Waals surface area (Å²) < 4.78 is 4.50. The number of nitrogens with zero attached hydrogens (tertiary/aromatic N) is 4. The number of allylic oxidation sites excluding steroid dienone is 10. The molecule has 0 radical (unpaired) electrons. The first-order valence-corrected chi connectivity index (χ1v) is 16.0. The monoisotopic (exact) mass is 615 g/mol. The molecule has 1 N–H and O–H groups in total. The first kappa shape index (κ1) is 31.1. The number of benzene rings is 2. The van der Waals surface area contributed by atoms with Gasteiger partial charge in [-0.3, -0.25) is 13.9 Å². The summed E-state index contributed by atoms with van der Waals surface area (Å²) in [4.78, 5) is 28.7. The molecule has 0 spiro atoms. The number of fused-ring (bicyclic) bond motifs is 2. The number of hydrogen-bond donors (Lipinski definition) is 1. The lowest BCUT2D eigenvalue weighted by molar-refractivity contribution is -0.433. The number of rotatable bonds is 6. The lowest BCUT2D eigenvalue weighted by Crippen LogP contribution is -2.38. The Hall–Kier alpha value is -4.91. The molecule has 0 saturated heterocycles. The molecule has 0 unspecified atom stereocenters. The minimum atomic E-state index is -0.578. The summed E-state index contributed by atoms with van der Waals surface area (Å²) in [5.41, 5.74) is 7.93. The van der Waals surface area contributed by atoms with E-state index in [-0.39, 0.29) is 22.3 Å². The zero-order chi connectivity index (χ0) is 33.1. The molecule has 236 valence electrons. The summed E-state index contributed by atoms with van der Waals surface area (Å²) in [5.74, 6) is -0.350. The van der Waals surface area contributed by atoms with Crippen LogP contribution in [-0.4, -0.2) is 37.6 Å². The van der Waals surface area contributed by atoms with Crippen molar-refractivity contribution in [2.75, 3.05) is 18.0 Å². The molecular weight excluding hydrogens is 572 g/mol. The minimum absolute atomic E-state index is 0.103. The van der Waals surface area contributed by atoms with Crippen LogP contribution in [0.4, 0.5) is 11.4 Å². The molecule has 2 aliphatic heterocycles. The van der Waals surface area contributed by atoms with E-state index in [1.807, 2.05) is 24.3 Å². The maximum Gasteiger partial charge on any atom is 0.333 e. The van der Waals surface area contributed by atoms with Gasteiger partial charge in [-0.05, 0) is 62.6 Å². The molecular formula is C39H43N4O3+.